The van der Waals surface area contributed by atoms with Gasteiger partial charge in [-0.25, -0.2) is 8.42 Å². The second-order valence-electron chi connectivity index (χ2n) is 9.51. The molecule has 3 aliphatic rings. The van der Waals surface area contributed by atoms with E-state index in [2.05, 4.69) is 15.4 Å². The highest BCUT2D eigenvalue weighted by atomic mass is 32.2. The Balaban J connectivity index is 1.48. The Morgan fingerprint density at radius 3 is 2.50 bits per heavy atom. The summed E-state index contributed by atoms with van der Waals surface area (Å²) in [6.07, 6.45) is 2.30. The summed E-state index contributed by atoms with van der Waals surface area (Å²) in [5, 5.41) is 6.15. The average molecular weight is 555 g/mol. The highest BCUT2D eigenvalue weighted by Gasteiger charge is 2.45. The van der Waals surface area contributed by atoms with Crippen LogP contribution in [0.4, 0.5) is 18.9 Å². The molecule has 1 aromatic rings. The minimum atomic E-state index is -4.51. The van der Waals surface area contributed by atoms with Gasteiger partial charge in [0.1, 0.15) is 17.7 Å². The number of amides is 2. The molecule has 1 fully saturated rings. The first-order valence-electron chi connectivity index (χ1n) is 11.8. The number of carbonyl (C=O) groups is 2. The second-order valence-corrected chi connectivity index (χ2v) is 11.3. The lowest BCUT2D eigenvalue weighted by Gasteiger charge is -2.41. The first-order valence-corrected chi connectivity index (χ1v) is 13.7. The Kier molecular flexibility index (Phi) is 7.37. The summed E-state index contributed by atoms with van der Waals surface area (Å²) in [6, 6.07) is 5.20. The fourth-order valence-corrected chi connectivity index (χ4v) is 5.33. The molecule has 10 nitrogen and oxygen atoms in total. The minimum Gasteiger partial charge on any atom is -0.367 e. The van der Waals surface area contributed by atoms with Crippen molar-refractivity contribution in [3.8, 4) is 0 Å². The van der Waals surface area contributed by atoms with Gasteiger partial charge in [0.05, 0.1) is 6.26 Å². The number of benzene rings is 1. The smallest absolute Gasteiger partial charge is 0.367 e. The SMILES string of the molecule is CC(=O)N1C[C@@H](NC(=O)c2cccc(NS(C)(=O)=O)c2)C[C@@H](NC2=CC=CC3N(C)C(C(F)(F)F)=CN23)C1. The fourth-order valence-electron chi connectivity index (χ4n) is 4.77. The van der Waals surface area contributed by atoms with Gasteiger partial charge in [0.25, 0.3) is 5.91 Å². The van der Waals surface area contributed by atoms with Crippen molar-refractivity contribution in [3.63, 3.8) is 0 Å². The van der Waals surface area contributed by atoms with Crippen molar-refractivity contribution >= 4 is 27.5 Å². The number of likely N-dealkylation sites (tertiary alicyclic amines) is 1. The summed E-state index contributed by atoms with van der Waals surface area (Å²) in [4.78, 5) is 29.4. The Morgan fingerprint density at radius 2 is 1.84 bits per heavy atom. The van der Waals surface area contributed by atoms with Crippen LogP contribution in [0.1, 0.15) is 23.7 Å². The molecule has 3 atom stereocenters. The van der Waals surface area contributed by atoms with Crippen LogP contribution in [-0.2, 0) is 14.8 Å². The second kappa shape index (κ2) is 10.2. The molecule has 1 aromatic carbocycles. The van der Waals surface area contributed by atoms with Crippen molar-refractivity contribution in [3.05, 3.63) is 65.8 Å². The van der Waals surface area contributed by atoms with E-state index >= 15 is 0 Å². The molecule has 0 bridgehead atoms. The molecule has 0 spiro atoms. The quantitative estimate of drug-likeness (QED) is 0.491. The van der Waals surface area contributed by atoms with Gasteiger partial charge in [-0.15, -0.1) is 0 Å². The molecule has 206 valence electrons. The highest BCUT2D eigenvalue weighted by Crippen LogP contribution is 2.37. The van der Waals surface area contributed by atoms with E-state index in [0.29, 0.717) is 18.8 Å². The predicted octanol–water partition coefficient (Wildman–Crippen LogP) is 1.76. The topological polar surface area (TPSA) is 114 Å². The van der Waals surface area contributed by atoms with Gasteiger partial charge < -0.3 is 25.3 Å². The highest BCUT2D eigenvalue weighted by molar-refractivity contribution is 7.92. The molecular formula is C24H29F3N6O4S. The van der Waals surface area contributed by atoms with Crippen molar-refractivity contribution in [2.75, 3.05) is 31.1 Å². The third kappa shape index (κ3) is 6.23. The van der Waals surface area contributed by atoms with E-state index < -0.39 is 40.0 Å². The molecule has 0 radical (unpaired) electrons. The third-order valence-corrected chi connectivity index (χ3v) is 7.05. The summed E-state index contributed by atoms with van der Waals surface area (Å²) in [7, 11) is -2.15. The molecule has 0 aromatic heterocycles. The Labute approximate surface area is 218 Å². The fraction of sp³-hybridized carbons (Fsp3) is 0.417. The van der Waals surface area contributed by atoms with E-state index in [1.807, 2.05) is 0 Å². The van der Waals surface area contributed by atoms with E-state index in [9.17, 15) is 31.2 Å². The van der Waals surface area contributed by atoms with Crippen LogP contribution in [0.25, 0.3) is 0 Å². The largest absolute Gasteiger partial charge is 0.432 e. The normalized spacial score (nSPS) is 23.4. The number of likely N-dealkylation sites (N-methyl/N-ethyl adjacent to an activating group) is 1. The monoisotopic (exact) mass is 554 g/mol. The van der Waals surface area contributed by atoms with E-state index in [0.717, 1.165) is 17.4 Å². The van der Waals surface area contributed by atoms with Crippen LogP contribution in [0.5, 0.6) is 0 Å². The molecule has 4 rings (SSSR count). The number of hydrogen-bond acceptors (Lipinski definition) is 7. The number of carbonyl (C=O) groups excluding carboxylic acids is 2. The van der Waals surface area contributed by atoms with Crippen LogP contribution < -0.4 is 15.4 Å². The number of sulfonamides is 1. The van der Waals surface area contributed by atoms with Crippen molar-refractivity contribution < 1.29 is 31.2 Å². The van der Waals surface area contributed by atoms with Gasteiger partial charge >= 0.3 is 6.18 Å². The third-order valence-electron chi connectivity index (χ3n) is 6.44. The molecular weight excluding hydrogens is 525 g/mol. The average Bonchev–Trinajstić information content (AvgIpc) is 3.16. The minimum absolute atomic E-state index is 0.203. The summed E-state index contributed by atoms with van der Waals surface area (Å²) >= 11 is 0. The van der Waals surface area contributed by atoms with Gasteiger partial charge in [0.15, 0.2) is 0 Å². The van der Waals surface area contributed by atoms with Gasteiger partial charge in [-0.3, -0.25) is 14.3 Å². The Hall–Kier alpha value is -3.68. The van der Waals surface area contributed by atoms with Crippen molar-refractivity contribution in [2.45, 2.75) is 37.8 Å². The molecule has 3 N–H and O–H groups in total. The number of nitrogens with zero attached hydrogens (tertiary/aromatic N) is 3. The standard InChI is InChI=1S/C24H29F3N6O4S/c1-15(34)32-12-18(28-21-8-5-9-22-31(2)20(14-33(21)22)24(25,26)27)11-19(13-32)29-23(35)16-6-4-7-17(10-16)30-38(3,36)37/h4-10,14,18-19,22,28,30H,11-13H2,1-3H3,(H,29,35)/t18-,19+,22?/m1/s1. The summed E-state index contributed by atoms with van der Waals surface area (Å²) in [5.41, 5.74) is -0.299. The van der Waals surface area contributed by atoms with Crippen molar-refractivity contribution in [2.24, 2.45) is 0 Å². The van der Waals surface area contributed by atoms with Crippen LogP contribution in [0.2, 0.25) is 0 Å². The number of piperidine rings is 1. The van der Waals surface area contributed by atoms with Crippen molar-refractivity contribution in [1.82, 2.24) is 25.3 Å². The zero-order valence-corrected chi connectivity index (χ0v) is 21.8. The molecule has 3 heterocycles. The number of nitrogens with one attached hydrogen (secondary N) is 3. The molecule has 1 unspecified atom stereocenters. The zero-order chi connectivity index (χ0) is 27.8. The van der Waals surface area contributed by atoms with E-state index in [-0.39, 0.29) is 29.7 Å². The number of rotatable bonds is 6. The van der Waals surface area contributed by atoms with E-state index in [1.165, 1.54) is 37.1 Å². The lowest BCUT2D eigenvalue weighted by atomic mass is 9.99. The molecule has 38 heavy (non-hydrogen) atoms. The number of halogens is 3. The number of allylic oxidation sites excluding steroid dienone is 3. The van der Waals surface area contributed by atoms with Gasteiger partial charge in [-0.05, 0) is 36.8 Å². The zero-order valence-electron chi connectivity index (χ0n) is 21.0. The molecule has 0 aliphatic carbocycles. The van der Waals surface area contributed by atoms with Gasteiger partial charge in [-0.2, -0.15) is 13.2 Å². The van der Waals surface area contributed by atoms with E-state index in [1.54, 1.807) is 29.2 Å². The predicted molar refractivity (Wildman–Crippen MR) is 135 cm³/mol. The number of fused-ring (bicyclic) bond motifs is 1. The number of alkyl halides is 3. The maximum atomic E-state index is 13.5. The maximum absolute atomic E-state index is 13.5. The number of hydrogen-bond donors (Lipinski definition) is 3. The van der Waals surface area contributed by atoms with Crippen LogP contribution in [0.3, 0.4) is 0 Å². The van der Waals surface area contributed by atoms with Crippen LogP contribution >= 0.6 is 0 Å². The molecule has 2 amide bonds. The summed E-state index contributed by atoms with van der Waals surface area (Å²) < 4.78 is 65.8. The van der Waals surface area contributed by atoms with Crippen LogP contribution in [-0.4, -0.2) is 85.8 Å². The van der Waals surface area contributed by atoms with Gasteiger partial charge in [0.2, 0.25) is 15.9 Å². The van der Waals surface area contributed by atoms with Crippen LogP contribution in [0, 0.1) is 0 Å². The van der Waals surface area contributed by atoms with Crippen molar-refractivity contribution in [1.29, 1.82) is 0 Å². The van der Waals surface area contributed by atoms with E-state index in [4.69, 9.17) is 0 Å². The molecule has 14 heteroatoms. The maximum Gasteiger partial charge on any atom is 0.432 e. The number of anilines is 1. The summed E-state index contributed by atoms with van der Waals surface area (Å²) in [5.74, 6) is -0.204. The first kappa shape index (κ1) is 27.4. The molecule has 0 saturated carbocycles. The Bertz CT molecular complexity index is 1310. The summed E-state index contributed by atoms with van der Waals surface area (Å²) in [6.45, 7) is 1.97. The Morgan fingerprint density at radius 1 is 1.13 bits per heavy atom. The first-order chi connectivity index (χ1) is 17.7. The molecule has 3 aliphatic heterocycles. The van der Waals surface area contributed by atoms with Gasteiger partial charge in [-0.1, -0.05) is 12.1 Å². The lowest BCUT2D eigenvalue weighted by Crippen LogP contribution is -2.58. The molecule has 1 saturated heterocycles. The lowest BCUT2D eigenvalue weighted by molar-refractivity contribution is -0.130. The van der Waals surface area contributed by atoms with Gasteiger partial charge in [0, 0.05) is 56.6 Å². The van der Waals surface area contributed by atoms with Crippen LogP contribution in [0.15, 0.2) is 60.2 Å².